The van der Waals surface area contributed by atoms with Crippen LogP contribution in [0, 0.1) is 18.6 Å². The minimum Gasteiger partial charge on any atom is -0.495 e. The zero-order valence-corrected chi connectivity index (χ0v) is 75.8. The van der Waals surface area contributed by atoms with Crippen LogP contribution in [0.1, 0.15) is 91.6 Å². The van der Waals surface area contributed by atoms with Crippen molar-refractivity contribution in [3.05, 3.63) is 220 Å². The molecule has 1 amide bonds. The lowest BCUT2D eigenvalue weighted by Crippen LogP contribution is -2.34. The number of aryl methyl sites for hydroxylation is 1. The van der Waals surface area contributed by atoms with E-state index in [-0.39, 0.29) is 81.4 Å². The Labute approximate surface area is 740 Å². The number of piperidine rings is 1. The summed E-state index contributed by atoms with van der Waals surface area (Å²) in [5, 5.41) is 20.0. The van der Waals surface area contributed by atoms with Crippen LogP contribution in [0.25, 0.3) is 0 Å². The highest BCUT2D eigenvalue weighted by atomic mass is 35.5. The maximum absolute atomic E-state index is 14.6. The quantitative estimate of drug-likeness (QED) is 0.0187. The fourth-order valence-corrected chi connectivity index (χ4v) is 18.0. The SMILES string of the molecule is CCP(=O)(CC)c1ccc(Nc2ncc(C(F)(F)F)c(OC3CCNCC3)n2)c(OC)c1.CCP(=O)(CC)c1ccc(Oc2nc(Nc3ccc(C(=O)NC4CC4)cc3F)ncc2Cl)cc1.COc1cc(P(C)(C)=O)ccc1Nc1ncc(C(F)(F)F)c(OCc2cccnc2)n1.Cc1cc(P(C)(C)=O)ccc1Nc1ncc(C(F)(F)F)c(Oc2ccc(F)cc2Cl)n1. The van der Waals surface area contributed by atoms with E-state index in [1.54, 1.807) is 131 Å². The number of nitrogens with one attached hydrogen (secondary N) is 6. The summed E-state index contributed by atoms with van der Waals surface area (Å²) < 4.78 is 232. The smallest absolute Gasteiger partial charge is 0.423 e. The first-order valence-electron chi connectivity index (χ1n) is 39.5. The van der Waals surface area contributed by atoms with Gasteiger partial charge in [-0.05, 0) is 199 Å². The van der Waals surface area contributed by atoms with E-state index in [4.69, 9.17) is 51.6 Å². The molecular weight excluding hydrogens is 1810 g/mol. The van der Waals surface area contributed by atoms with Crippen LogP contribution in [0.15, 0.2) is 165 Å². The number of rotatable bonds is 29. The lowest BCUT2D eigenvalue weighted by molar-refractivity contribution is -0.140. The van der Waals surface area contributed by atoms with Gasteiger partial charge < -0.3 is 78.6 Å². The number of aromatic nitrogens is 9. The average molecular weight is 1900 g/mol. The van der Waals surface area contributed by atoms with E-state index in [0.717, 1.165) is 42.5 Å². The average Bonchev–Trinajstić information content (AvgIpc) is 1.10. The Hall–Kier alpha value is -11.1. The normalized spacial score (nSPS) is 13.2. The summed E-state index contributed by atoms with van der Waals surface area (Å²) in [6.45, 7) is 17.1. The topological polar surface area (TPSA) is 329 Å². The molecule has 11 aromatic rings. The van der Waals surface area contributed by atoms with Crippen LogP contribution in [0.3, 0.4) is 0 Å². The number of hydrogen-bond acceptors (Lipinski definition) is 25. The highest BCUT2D eigenvalue weighted by molar-refractivity contribution is 7.72. The van der Waals surface area contributed by atoms with Gasteiger partial charge in [0.05, 0.1) is 42.5 Å². The van der Waals surface area contributed by atoms with Gasteiger partial charge >= 0.3 is 18.5 Å². The molecule has 0 unspecified atom stereocenters. The minimum absolute atomic E-state index is 0.0536. The van der Waals surface area contributed by atoms with Gasteiger partial charge in [-0.2, -0.15) is 59.4 Å². The molecule has 26 nitrogen and oxygen atoms in total. The molecule has 2 fully saturated rings. The van der Waals surface area contributed by atoms with E-state index < -0.39 is 93.1 Å². The molecule has 0 radical (unpaired) electrons. The number of carbonyl (C=O) groups is 1. The Morgan fingerprint density at radius 2 is 0.961 bits per heavy atom. The van der Waals surface area contributed by atoms with E-state index in [0.29, 0.717) is 124 Å². The van der Waals surface area contributed by atoms with Gasteiger partial charge in [0.15, 0.2) is 0 Å². The molecule has 13 rings (SSSR count). The van der Waals surface area contributed by atoms with Gasteiger partial charge in [0.1, 0.15) is 97.6 Å². The lowest BCUT2D eigenvalue weighted by atomic mass is 10.1. The Morgan fingerprint density at radius 3 is 1.47 bits per heavy atom. The van der Waals surface area contributed by atoms with Crippen LogP contribution in [0.4, 0.5) is 94.8 Å². The van der Waals surface area contributed by atoms with Crippen molar-refractivity contribution in [1.29, 1.82) is 0 Å². The maximum Gasteiger partial charge on any atom is 0.423 e. The van der Waals surface area contributed by atoms with Crippen molar-refractivity contribution in [2.45, 2.75) is 97.6 Å². The Balaban J connectivity index is 0.000000178. The molecule has 0 atom stereocenters. The van der Waals surface area contributed by atoms with Gasteiger partial charge in [-0.15, -0.1) is 0 Å². The third-order valence-electron chi connectivity index (χ3n) is 19.6. The molecule has 1 aliphatic heterocycles. The van der Waals surface area contributed by atoms with Gasteiger partial charge in [0, 0.05) is 99.7 Å². The summed E-state index contributed by atoms with van der Waals surface area (Å²) >= 11 is 12.1. The summed E-state index contributed by atoms with van der Waals surface area (Å²) in [4.78, 5) is 47.4. The highest BCUT2D eigenvalue weighted by Crippen LogP contribution is 2.48. The molecule has 682 valence electrons. The molecule has 43 heteroatoms. The Bertz CT molecular complexity index is 5930. The van der Waals surface area contributed by atoms with Crippen molar-refractivity contribution in [3.63, 3.8) is 0 Å². The molecule has 0 bridgehead atoms. The van der Waals surface area contributed by atoms with Crippen molar-refractivity contribution in [1.82, 2.24) is 55.5 Å². The molecule has 6 aromatic carbocycles. The fourth-order valence-electron chi connectivity index (χ4n) is 12.1. The molecule has 128 heavy (non-hydrogen) atoms. The minimum atomic E-state index is -4.79. The van der Waals surface area contributed by atoms with Crippen LogP contribution >= 0.6 is 51.8 Å². The molecule has 1 saturated carbocycles. The largest absolute Gasteiger partial charge is 0.495 e. The van der Waals surface area contributed by atoms with Crippen molar-refractivity contribution < 1.29 is 99.8 Å². The Morgan fingerprint density at radius 1 is 0.492 bits per heavy atom. The number of ether oxygens (including phenoxy) is 6. The van der Waals surface area contributed by atoms with Crippen molar-refractivity contribution in [3.8, 4) is 46.5 Å². The molecule has 6 heterocycles. The second kappa shape index (κ2) is 42.9. The number of methoxy groups -OCH3 is 2. The predicted octanol–water partition coefficient (Wildman–Crippen LogP) is 21.0. The summed E-state index contributed by atoms with van der Waals surface area (Å²) in [6.07, 6.45) is -2.80. The van der Waals surface area contributed by atoms with Crippen LogP contribution in [0.2, 0.25) is 10.0 Å². The summed E-state index contributed by atoms with van der Waals surface area (Å²) in [5.41, 5.74) is -0.326. The zero-order valence-electron chi connectivity index (χ0n) is 70.7. The van der Waals surface area contributed by atoms with Gasteiger partial charge in [0.25, 0.3) is 5.91 Å². The monoisotopic (exact) mass is 1900 g/mol. The van der Waals surface area contributed by atoms with Crippen LogP contribution in [0.5, 0.6) is 46.5 Å². The number of anilines is 8. The fraction of sp³-hybridized carbons (Fsp3) is 0.318. The van der Waals surface area contributed by atoms with Gasteiger partial charge in [-0.25, -0.2) is 28.7 Å². The molecule has 0 spiro atoms. The van der Waals surface area contributed by atoms with Crippen molar-refractivity contribution >= 4 is 125 Å². The molecule has 6 N–H and O–H groups in total. The maximum atomic E-state index is 14.6. The van der Waals surface area contributed by atoms with E-state index in [9.17, 15) is 71.3 Å². The number of benzene rings is 6. The lowest BCUT2D eigenvalue weighted by Gasteiger charge is -2.24. The first-order valence-corrected chi connectivity index (χ1v) is 49.6. The van der Waals surface area contributed by atoms with Gasteiger partial charge in [-0.1, -0.05) is 57.0 Å². The van der Waals surface area contributed by atoms with Crippen LogP contribution in [-0.4, -0.2) is 142 Å². The third-order valence-corrected chi connectivity index (χ3v) is 29.8. The number of amides is 1. The van der Waals surface area contributed by atoms with E-state index >= 15 is 0 Å². The highest BCUT2D eigenvalue weighted by Gasteiger charge is 2.40. The van der Waals surface area contributed by atoms with E-state index in [2.05, 4.69) is 76.8 Å². The third kappa shape index (κ3) is 27.3. The standard InChI is InChI=1S/C24H25ClFN4O3P.C21H28F3N4O3P.C20H17ClF4N3O2P.C20H20F3N4O3P/c1-3-34(32,4-2)18-10-8-17(9-11-18)33-23-19(25)14-27-24(30-23)29-21-12-5-15(13-20(21)26)22(31)28-16-6-7-16;1-4-32(29,5-2)15-6-7-17(18(12-15)30-3)27-20-26-13-16(21(22,23)24)19(28-20)31-14-8-10-25-11-9-14;1-11-8-13(31(2,3)29)5-6-16(11)27-19-26-10-14(20(23,24)25)18(28-19)30-17-7-4-12(22)9-15(17)21;1-29-17-9-14(31(2,3)28)6-7-16(17)26-19-25-11-15(20(21,22)23)18(27-19)30-12-13-5-4-8-24-10-13/h5,8-14,16H,3-4,6-7H2,1-2H3,(H,28,31)(H,27,29,30);6-7,12-14,25H,4-5,8-11H2,1-3H3,(H,26,27,28);4-10H,1-3H3,(H,26,27,28);4-11H,12H2,1-3H3,(H,25,26,27). The number of alkyl halides is 9. The van der Waals surface area contributed by atoms with Gasteiger partial charge in [0.2, 0.25) is 47.3 Å². The number of carbonyl (C=O) groups excluding carboxylic acids is 1. The summed E-state index contributed by atoms with van der Waals surface area (Å²) in [6, 6.07) is 32.6. The predicted molar refractivity (Wildman–Crippen MR) is 473 cm³/mol. The molecule has 1 aliphatic carbocycles. The van der Waals surface area contributed by atoms with Gasteiger partial charge in [-0.3, -0.25) is 9.78 Å². The van der Waals surface area contributed by atoms with Crippen LogP contribution in [-0.2, 0) is 43.4 Å². The zero-order chi connectivity index (χ0) is 93.3. The molecular formula is C85H90Cl2F11N15O11P4. The van der Waals surface area contributed by atoms with Crippen molar-refractivity contribution in [2.75, 3.05) is 99.9 Å². The number of hydrogen-bond donors (Lipinski definition) is 6. The second-order valence-electron chi connectivity index (χ2n) is 29.5. The van der Waals surface area contributed by atoms with E-state index in [1.807, 2.05) is 27.7 Å². The molecule has 5 aromatic heterocycles. The van der Waals surface area contributed by atoms with Crippen LogP contribution < -0.4 is 81.5 Å². The first-order chi connectivity index (χ1) is 60.4. The molecule has 2 aliphatic rings. The first kappa shape index (κ1) is 99.1. The number of halogens is 13. The molecule has 1 saturated heterocycles. The Kier molecular flexibility index (Phi) is 33.2. The number of nitrogens with zero attached hydrogens (tertiary/aromatic N) is 9. The van der Waals surface area contributed by atoms with E-state index in [1.165, 1.54) is 44.8 Å². The van der Waals surface area contributed by atoms with Crippen molar-refractivity contribution in [2.24, 2.45) is 0 Å². The second-order valence-corrected chi connectivity index (χ2v) is 43.9. The summed E-state index contributed by atoms with van der Waals surface area (Å²) in [5.74, 6) is -2.64. The summed E-state index contributed by atoms with van der Waals surface area (Å²) in [7, 11) is -7.01. The number of pyridine rings is 1.